The first-order chi connectivity index (χ1) is 13.7. The van der Waals surface area contributed by atoms with Crippen molar-refractivity contribution in [1.82, 2.24) is 5.32 Å². The van der Waals surface area contributed by atoms with Crippen LogP contribution in [0.5, 0.6) is 0 Å². The zero-order chi connectivity index (χ0) is 21.0. The molecule has 3 rings (SSSR count). The molecule has 2 aromatic rings. The third kappa shape index (κ3) is 5.58. The molecule has 156 valence electrons. The number of carbonyl (C=O) groups is 1. The number of hydrogen-bond donors (Lipinski definition) is 1. The van der Waals surface area contributed by atoms with Crippen LogP contribution in [0.15, 0.2) is 42.5 Å². The quantitative estimate of drug-likeness (QED) is 0.752. The van der Waals surface area contributed by atoms with Gasteiger partial charge in [0.05, 0.1) is 24.6 Å². The molecule has 6 nitrogen and oxygen atoms in total. The Labute approximate surface area is 172 Å². The number of benzene rings is 2. The summed E-state index contributed by atoms with van der Waals surface area (Å²) in [5.41, 5.74) is 3.92. The number of anilines is 1. The average molecular weight is 417 g/mol. The molecule has 7 heteroatoms. The summed E-state index contributed by atoms with van der Waals surface area (Å²) < 4.78 is 31.8. The average Bonchev–Trinajstić information content (AvgIpc) is 3.19. The molecule has 1 aliphatic rings. The lowest BCUT2D eigenvalue weighted by molar-refractivity contribution is 0.0858. The Morgan fingerprint density at radius 3 is 2.52 bits per heavy atom. The topological polar surface area (TPSA) is 75.7 Å². The molecule has 2 aromatic carbocycles. The Morgan fingerprint density at radius 1 is 1.17 bits per heavy atom. The van der Waals surface area contributed by atoms with Gasteiger partial charge in [-0.15, -0.1) is 0 Å². The van der Waals surface area contributed by atoms with Crippen molar-refractivity contribution in [3.63, 3.8) is 0 Å². The van der Waals surface area contributed by atoms with Gasteiger partial charge in [0.15, 0.2) is 0 Å². The molecule has 1 atom stereocenters. The lowest BCUT2D eigenvalue weighted by atomic mass is 10.1. The second-order valence-corrected chi connectivity index (χ2v) is 9.51. The van der Waals surface area contributed by atoms with E-state index in [1.165, 1.54) is 10.6 Å². The zero-order valence-electron chi connectivity index (χ0n) is 17.1. The molecule has 1 amide bonds. The van der Waals surface area contributed by atoms with Crippen LogP contribution in [0.1, 0.15) is 39.9 Å². The summed E-state index contributed by atoms with van der Waals surface area (Å²) in [7, 11) is -3.46. The number of sulfonamides is 1. The fourth-order valence-electron chi connectivity index (χ4n) is 3.41. The maximum Gasteiger partial charge on any atom is 0.251 e. The van der Waals surface area contributed by atoms with E-state index in [9.17, 15) is 13.2 Å². The molecule has 1 fully saturated rings. The molecule has 0 spiro atoms. The van der Waals surface area contributed by atoms with Crippen LogP contribution in [0, 0.1) is 13.8 Å². The Balaban J connectivity index is 1.72. The van der Waals surface area contributed by atoms with Crippen LogP contribution >= 0.6 is 0 Å². The highest BCUT2D eigenvalue weighted by Gasteiger charge is 2.20. The molecule has 0 saturated carbocycles. The number of aryl methyl sites for hydroxylation is 2. The van der Waals surface area contributed by atoms with E-state index in [0.29, 0.717) is 17.8 Å². The van der Waals surface area contributed by atoms with Crippen molar-refractivity contribution < 1.29 is 17.9 Å². The number of rotatable bonds is 7. The molecule has 1 saturated heterocycles. The molecule has 0 aliphatic carbocycles. The molecule has 0 aromatic heterocycles. The smallest absolute Gasteiger partial charge is 0.251 e. The zero-order valence-corrected chi connectivity index (χ0v) is 18.0. The van der Waals surface area contributed by atoms with Gasteiger partial charge in [-0.25, -0.2) is 8.42 Å². The van der Waals surface area contributed by atoms with Crippen LogP contribution in [0.4, 0.5) is 5.69 Å². The van der Waals surface area contributed by atoms with E-state index < -0.39 is 10.0 Å². The van der Waals surface area contributed by atoms with Gasteiger partial charge in [0.1, 0.15) is 0 Å². The standard InChI is InChI=1S/C22H28N2O4S/c1-16-6-7-17(2)21(13-16)24(29(3,26)27)15-18-8-10-19(11-9-18)22(25)23-14-20-5-4-12-28-20/h6-11,13,20H,4-5,12,14-15H2,1-3H3,(H,23,25)/t20-/m1/s1. The van der Waals surface area contributed by atoms with Gasteiger partial charge in [0.2, 0.25) is 10.0 Å². The summed E-state index contributed by atoms with van der Waals surface area (Å²) in [5, 5.41) is 2.89. The minimum Gasteiger partial charge on any atom is -0.376 e. The molecular weight excluding hydrogens is 388 g/mol. The van der Waals surface area contributed by atoms with Crippen molar-refractivity contribution >= 4 is 21.6 Å². The van der Waals surface area contributed by atoms with Crippen LogP contribution in [-0.2, 0) is 21.3 Å². The number of hydrogen-bond acceptors (Lipinski definition) is 4. The van der Waals surface area contributed by atoms with Gasteiger partial charge in [-0.2, -0.15) is 0 Å². The third-order valence-electron chi connectivity index (χ3n) is 5.09. The highest BCUT2D eigenvalue weighted by molar-refractivity contribution is 7.92. The van der Waals surface area contributed by atoms with Crippen LogP contribution < -0.4 is 9.62 Å². The maximum atomic E-state index is 12.4. The molecular formula is C22H28N2O4S. The van der Waals surface area contributed by atoms with Gasteiger partial charge in [-0.1, -0.05) is 24.3 Å². The molecule has 1 aliphatic heterocycles. The summed E-state index contributed by atoms with van der Waals surface area (Å²) >= 11 is 0. The Bertz CT molecular complexity index is 965. The van der Waals surface area contributed by atoms with Gasteiger partial charge in [-0.05, 0) is 61.6 Å². The molecule has 0 unspecified atom stereocenters. The van der Waals surface area contributed by atoms with Crippen molar-refractivity contribution in [3.05, 3.63) is 64.7 Å². The van der Waals surface area contributed by atoms with Gasteiger partial charge < -0.3 is 10.1 Å². The number of amides is 1. The highest BCUT2D eigenvalue weighted by atomic mass is 32.2. The van der Waals surface area contributed by atoms with E-state index in [-0.39, 0.29) is 18.6 Å². The monoisotopic (exact) mass is 416 g/mol. The lowest BCUT2D eigenvalue weighted by Crippen LogP contribution is -2.32. The van der Waals surface area contributed by atoms with Crippen molar-refractivity contribution in [2.75, 3.05) is 23.7 Å². The van der Waals surface area contributed by atoms with Crippen molar-refractivity contribution in [3.8, 4) is 0 Å². The molecule has 1 N–H and O–H groups in total. The van der Waals surface area contributed by atoms with Crippen LogP contribution in [-0.4, -0.2) is 39.8 Å². The van der Waals surface area contributed by atoms with Gasteiger partial charge in [-0.3, -0.25) is 9.10 Å². The van der Waals surface area contributed by atoms with Crippen molar-refractivity contribution in [2.24, 2.45) is 0 Å². The van der Waals surface area contributed by atoms with Crippen molar-refractivity contribution in [1.29, 1.82) is 0 Å². The van der Waals surface area contributed by atoms with E-state index >= 15 is 0 Å². The first-order valence-electron chi connectivity index (χ1n) is 9.78. The Morgan fingerprint density at radius 2 is 1.90 bits per heavy atom. The first kappa shape index (κ1) is 21.3. The lowest BCUT2D eigenvalue weighted by Gasteiger charge is -2.25. The number of nitrogens with one attached hydrogen (secondary N) is 1. The van der Waals surface area contributed by atoms with E-state index in [2.05, 4.69) is 5.32 Å². The summed E-state index contributed by atoms with van der Waals surface area (Å²) in [6, 6.07) is 12.8. The predicted molar refractivity (Wildman–Crippen MR) is 115 cm³/mol. The number of carbonyl (C=O) groups excluding carboxylic acids is 1. The predicted octanol–water partition coefficient (Wildman–Crippen LogP) is 3.18. The Kier molecular flexibility index (Phi) is 6.59. The fraction of sp³-hybridized carbons (Fsp3) is 0.409. The van der Waals surface area contributed by atoms with Crippen molar-refractivity contribution in [2.45, 2.75) is 39.3 Å². The summed E-state index contributed by atoms with van der Waals surface area (Å²) in [5.74, 6) is -0.151. The second kappa shape index (κ2) is 8.97. The van der Waals surface area contributed by atoms with E-state index in [0.717, 1.165) is 36.1 Å². The third-order valence-corrected chi connectivity index (χ3v) is 6.22. The number of nitrogens with zero attached hydrogens (tertiary/aromatic N) is 1. The fourth-order valence-corrected chi connectivity index (χ4v) is 4.35. The minimum atomic E-state index is -3.46. The van der Waals surface area contributed by atoms with Gasteiger partial charge in [0.25, 0.3) is 5.91 Å². The van der Waals surface area contributed by atoms with E-state index in [1.807, 2.05) is 32.0 Å². The Hall–Kier alpha value is -2.38. The number of ether oxygens (including phenoxy) is 1. The second-order valence-electron chi connectivity index (χ2n) is 7.60. The summed E-state index contributed by atoms with van der Waals surface area (Å²) in [6.45, 7) is 5.31. The van der Waals surface area contributed by atoms with Gasteiger partial charge >= 0.3 is 0 Å². The SMILES string of the molecule is Cc1ccc(C)c(N(Cc2ccc(C(=O)NC[C@H]3CCCO3)cc2)S(C)(=O)=O)c1. The summed E-state index contributed by atoms with van der Waals surface area (Å²) in [4.78, 5) is 12.3. The van der Waals surface area contributed by atoms with Crippen LogP contribution in [0.2, 0.25) is 0 Å². The largest absolute Gasteiger partial charge is 0.376 e. The summed E-state index contributed by atoms with van der Waals surface area (Å²) in [6.07, 6.45) is 3.31. The molecule has 1 heterocycles. The molecule has 0 radical (unpaired) electrons. The normalized spacial score (nSPS) is 16.6. The van der Waals surface area contributed by atoms with Gasteiger partial charge in [0, 0.05) is 18.7 Å². The molecule has 0 bridgehead atoms. The minimum absolute atomic E-state index is 0.0964. The first-order valence-corrected chi connectivity index (χ1v) is 11.6. The molecule has 29 heavy (non-hydrogen) atoms. The van der Waals surface area contributed by atoms with Crippen LogP contribution in [0.25, 0.3) is 0 Å². The maximum absolute atomic E-state index is 12.4. The van der Waals surface area contributed by atoms with Crippen LogP contribution in [0.3, 0.4) is 0 Å². The van der Waals surface area contributed by atoms with E-state index in [1.54, 1.807) is 24.3 Å². The van der Waals surface area contributed by atoms with E-state index in [4.69, 9.17) is 4.74 Å². The highest BCUT2D eigenvalue weighted by Crippen LogP contribution is 2.26.